The standard InChI is InChI=1S/C19H15FN2OS/c1-11-4-2-5-13-17(11)21-18(22-19(13)23)12-7-8-15(20)14(10-12)16-6-3-9-24-16/h2-10,18,21H,1H3,(H,22,23)/t18-/m0/s1. The number of benzene rings is 2. The van der Waals surface area contributed by atoms with Gasteiger partial charge in [-0.1, -0.05) is 24.3 Å². The Kier molecular flexibility index (Phi) is 3.58. The molecule has 1 amide bonds. The number of thiophene rings is 1. The number of rotatable bonds is 2. The second kappa shape index (κ2) is 5.76. The van der Waals surface area contributed by atoms with E-state index in [9.17, 15) is 9.18 Å². The molecular formula is C19H15FN2OS. The summed E-state index contributed by atoms with van der Waals surface area (Å²) in [5.41, 5.74) is 3.84. The van der Waals surface area contributed by atoms with Crippen LogP contribution in [0.1, 0.15) is 27.7 Å². The minimum absolute atomic E-state index is 0.126. The molecule has 0 aliphatic carbocycles. The molecule has 2 N–H and O–H groups in total. The van der Waals surface area contributed by atoms with Crippen LogP contribution in [0, 0.1) is 12.7 Å². The average molecular weight is 338 g/mol. The van der Waals surface area contributed by atoms with Crippen LogP contribution in [0.3, 0.4) is 0 Å². The van der Waals surface area contributed by atoms with Gasteiger partial charge in [0.05, 0.1) is 11.3 Å². The molecule has 3 aromatic rings. The van der Waals surface area contributed by atoms with E-state index in [4.69, 9.17) is 0 Å². The van der Waals surface area contributed by atoms with Crippen LogP contribution in [0.15, 0.2) is 53.9 Å². The first-order valence-corrected chi connectivity index (χ1v) is 8.52. The molecular weight excluding hydrogens is 323 g/mol. The number of carbonyl (C=O) groups excluding carboxylic acids is 1. The minimum atomic E-state index is -0.384. The van der Waals surface area contributed by atoms with Crippen molar-refractivity contribution in [1.29, 1.82) is 0 Å². The molecule has 1 atom stereocenters. The molecule has 0 radical (unpaired) electrons. The summed E-state index contributed by atoms with van der Waals surface area (Å²) >= 11 is 1.49. The van der Waals surface area contributed by atoms with Crippen LogP contribution in [0.25, 0.3) is 10.4 Å². The summed E-state index contributed by atoms with van der Waals surface area (Å²) in [5.74, 6) is -0.389. The Labute approximate surface area is 143 Å². The lowest BCUT2D eigenvalue weighted by atomic mass is 10.0. The van der Waals surface area contributed by atoms with E-state index in [-0.39, 0.29) is 17.9 Å². The number of hydrogen-bond donors (Lipinski definition) is 2. The van der Waals surface area contributed by atoms with E-state index < -0.39 is 0 Å². The lowest BCUT2D eigenvalue weighted by Crippen LogP contribution is -2.38. The van der Waals surface area contributed by atoms with E-state index in [1.807, 2.05) is 36.6 Å². The van der Waals surface area contributed by atoms with Gasteiger partial charge in [0.1, 0.15) is 12.0 Å². The van der Waals surface area contributed by atoms with Gasteiger partial charge in [0.2, 0.25) is 0 Å². The Bertz CT molecular complexity index is 921. The van der Waals surface area contributed by atoms with Crippen LogP contribution in [-0.4, -0.2) is 5.91 Å². The van der Waals surface area contributed by atoms with Gasteiger partial charge in [-0.2, -0.15) is 0 Å². The Morgan fingerprint density at radius 1 is 1.04 bits per heavy atom. The molecule has 0 saturated carbocycles. The summed E-state index contributed by atoms with van der Waals surface area (Å²) in [6.45, 7) is 1.96. The van der Waals surface area contributed by atoms with E-state index in [2.05, 4.69) is 10.6 Å². The number of nitrogens with one attached hydrogen (secondary N) is 2. The first-order chi connectivity index (χ1) is 11.6. The van der Waals surface area contributed by atoms with Gasteiger partial charge in [0.25, 0.3) is 5.91 Å². The van der Waals surface area contributed by atoms with Crippen molar-refractivity contribution in [1.82, 2.24) is 5.32 Å². The second-order valence-electron chi connectivity index (χ2n) is 5.76. The number of para-hydroxylation sites is 1. The number of hydrogen-bond acceptors (Lipinski definition) is 3. The summed E-state index contributed by atoms with van der Waals surface area (Å²) in [5, 5.41) is 8.21. The van der Waals surface area contributed by atoms with Gasteiger partial charge >= 0.3 is 0 Å². The SMILES string of the molecule is Cc1cccc2c1N[C@H](c1ccc(F)c(-c3cccs3)c1)NC2=O. The summed E-state index contributed by atoms with van der Waals surface area (Å²) in [6.07, 6.45) is -0.384. The molecule has 0 fully saturated rings. The van der Waals surface area contributed by atoms with Crippen molar-refractivity contribution >= 4 is 22.9 Å². The average Bonchev–Trinajstić information content (AvgIpc) is 3.10. The highest BCUT2D eigenvalue weighted by atomic mass is 32.1. The van der Waals surface area contributed by atoms with Crippen LogP contribution < -0.4 is 10.6 Å². The smallest absolute Gasteiger partial charge is 0.255 e. The maximum absolute atomic E-state index is 14.2. The third kappa shape index (κ3) is 2.47. The van der Waals surface area contributed by atoms with Crippen LogP contribution in [0.4, 0.5) is 10.1 Å². The molecule has 0 bridgehead atoms. The molecule has 24 heavy (non-hydrogen) atoms. The number of halogens is 1. The van der Waals surface area contributed by atoms with Crippen molar-refractivity contribution in [2.45, 2.75) is 13.1 Å². The number of carbonyl (C=O) groups is 1. The van der Waals surface area contributed by atoms with Crippen molar-refractivity contribution in [2.75, 3.05) is 5.32 Å². The molecule has 1 aliphatic rings. The van der Waals surface area contributed by atoms with Crippen molar-refractivity contribution in [3.63, 3.8) is 0 Å². The molecule has 0 unspecified atom stereocenters. The Balaban J connectivity index is 1.74. The van der Waals surface area contributed by atoms with E-state index in [1.165, 1.54) is 17.4 Å². The first kappa shape index (κ1) is 14.9. The molecule has 0 spiro atoms. The Morgan fingerprint density at radius 2 is 1.92 bits per heavy atom. The molecule has 5 heteroatoms. The fourth-order valence-corrected chi connectivity index (χ4v) is 3.69. The number of fused-ring (bicyclic) bond motifs is 1. The monoisotopic (exact) mass is 338 g/mol. The van der Waals surface area contributed by atoms with Gasteiger partial charge in [0.15, 0.2) is 0 Å². The molecule has 2 aromatic carbocycles. The van der Waals surface area contributed by atoms with Crippen molar-refractivity contribution < 1.29 is 9.18 Å². The molecule has 120 valence electrons. The quantitative estimate of drug-likeness (QED) is 0.710. The van der Waals surface area contributed by atoms with Crippen molar-refractivity contribution in [2.24, 2.45) is 0 Å². The zero-order chi connectivity index (χ0) is 16.7. The number of amides is 1. The van der Waals surface area contributed by atoms with Gasteiger partial charge in [-0.25, -0.2) is 4.39 Å². The fourth-order valence-electron chi connectivity index (χ4n) is 2.95. The van der Waals surface area contributed by atoms with Gasteiger partial charge in [-0.15, -0.1) is 11.3 Å². The van der Waals surface area contributed by atoms with Crippen LogP contribution in [-0.2, 0) is 0 Å². The zero-order valence-electron chi connectivity index (χ0n) is 13.0. The third-order valence-electron chi connectivity index (χ3n) is 4.19. The molecule has 1 aliphatic heterocycles. The largest absolute Gasteiger partial charge is 0.361 e. The lowest BCUT2D eigenvalue weighted by Gasteiger charge is -2.29. The van der Waals surface area contributed by atoms with Crippen molar-refractivity contribution in [3.05, 3.63) is 76.4 Å². The minimum Gasteiger partial charge on any atom is -0.361 e. The fraction of sp³-hybridized carbons (Fsp3) is 0.105. The summed E-state index contributed by atoms with van der Waals surface area (Å²) in [7, 11) is 0. The number of anilines is 1. The van der Waals surface area contributed by atoms with E-state index in [0.717, 1.165) is 21.7 Å². The first-order valence-electron chi connectivity index (χ1n) is 7.64. The molecule has 4 rings (SSSR count). The molecule has 0 saturated heterocycles. The highest BCUT2D eigenvalue weighted by Gasteiger charge is 2.26. The van der Waals surface area contributed by atoms with Crippen LogP contribution in [0.2, 0.25) is 0 Å². The second-order valence-corrected chi connectivity index (χ2v) is 6.71. The topological polar surface area (TPSA) is 41.1 Å². The van der Waals surface area contributed by atoms with Crippen molar-refractivity contribution in [3.8, 4) is 10.4 Å². The Morgan fingerprint density at radius 3 is 2.71 bits per heavy atom. The predicted molar refractivity (Wildman–Crippen MR) is 94.7 cm³/mol. The Hall–Kier alpha value is -2.66. The predicted octanol–water partition coefficient (Wildman–Crippen LogP) is 4.72. The maximum Gasteiger partial charge on any atom is 0.255 e. The highest BCUT2D eigenvalue weighted by molar-refractivity contribution is 7.13. The van der Waals surface area contributed by atoms with Gasteiger partial charge in [-0.3, -0.25) is 4.79 Å². The van der Waals surface area contributed by atoms with E-state index in [1.54, 1.807) is 18.2 Å². The van der Waals surface area contributed by atoms with E-state index in [0.29, 0.717) is 11.1 Å². The number of aryl methyl sites for hydroxylation is 1. The lowest BCUT2D eigenvalue weighted by molar-refractivity contribution is 0.0935. The zero-order valence-corrected chi connectivity index (χ0v) is 13.8. The van der Waals surface area contributed by atoms with E-state index >= 15 is 0 Å². The normalized spacial score (nSPS) is 16.2. The highest BCUT2D eigenvalue weighted by Crippen LogP contribution is 2.33. The van der Waals surface area contributed by atoms with Gasteiger partial charge in [0, 0.05) is 10.4 Å². The summed E-state index contributed by atoms with van der Waals surface area (Å²) in [6, 6.07) is 14.3. The van der Waals surface area contributed by atoms with Gasteiger partial charge < -0.3 is 10.6 Å². The summed E-state index contributed by atoms with van der Waals surface area (Å²) < 4.78 is 14.2. The summed E-state index contributed by atoms with van der Waals surface area (Å²) in [4.78, 5) is 13.2. The third-order valence-corrected chi connectivity index (χ3v) is 5.10. The maximum atomic E-state index is 14.2. The molecule has 2 heterocycles. The molecule has 3 nitrogen and oxygen atoms in total. The van der Waals surface area contributed by atoms with Gasteiger partial charge in [-0.05, 0) is 47.7 Å². The van der Waals surface area contributed by atoms with Crippen LogP contribution >= 0.6 is 11.3 Å². The molecule has 1 aromatic heterocycles. The van der Waals surface area contributed by atoms with Crippen LogP contribution in [0.5, 0.6) is 0 Å².